The van der Waals surface area contributed by atoms with E-state index in [-0.39, 0.29) is 0 Å². The van der Waals surface area contributed by atoms with Crippen molar-refractivity contribution >= 4 is 5.96 Å². The largest absolute Gasteiger partial charge is 0.385 e. The lowest BCUT2D eigenvalue weighted by Gasteiger charge is -2.34. The molecule has 0 aromatic rings. The van der Waals surface area contributed by atoms with Crippen molar-refractivity contribution in [3.05, 3.63) is 0 Å². The zero-order valence-corrected chi connectivity index (χ0v) is 17.2. The summed E-state index contributed by atoms with van der Waals surface area (Å²) in [5, 5.41) is 3.47. The molecule has 26 heavy (non-hydrogen) atoms. The van der Waals surface area contributed by atoms with Crippen LogP contribution in [0.2, 0.25) is 0 Å². The summed E-state index contributed by atoms with van der Waals surface area (Å²) in [6.45, 7) is 8.64. The minimum atomic E-state index is 0.388. The highest BCUT2D eigenvalue weighted by Gasteiger charge is 2.22. The Kier molecular flexibility index (Phi) is 10.3. The van der Waals surface area contributed by atoms with Gasteiger partial charge in [-0.05, 0) is 46.1 Å². The minimum absolute atomic E-state index is 0.388. The number of nitrogens with one attached hydrogen (secondary N) is 1. The number of methoxy groups -OCH3 is 1. The van der Waals surface area contributed by atoms with Crippen LogP contribution < -0.4 is 5.32 Å². The Morgan fingerprint density at radius 3 is 2.54 bits per heavy atom. The van der Waals surface area contributed by atoms with Crippen molar-refractivity contribution in [2.75, 3.05) is 60.1 Å². The highest BCUT2D eigenvalue weighted by molar-refractivity contribution is 5.80. The van der Waals surface area contributed by atoms with Crippen molar-refractivity contribution in [3.8, 4) is 0 Å². The molecule has 2 fully saturated rings. The number of likely N-dealkylation sites (N-methyl/N-ethyl adjacent to an activating group) is 1. The van der Waals surface area contributed by atoms with Crippen LogP contribution in [-0.4, -0.2) is 88.0 Å². The van der Waals surface area contributed by atoms with Gasteiger partial charge >= 0.3 is 0 Å². The molecule has 0 spiro atoms. The summed E-state index contributed by atoms with van der Waals surface area (Å²) < 4.78 is 11.0. The molecule has 6 nitrogen and oxygen atoms in total. The second-order valence-corrected chi connectivity index (χ2v) is 7.56. The highest BCUT2D eigenvalue weighted by atomic mass is 16.5. The van der Waals surface area contributed by atoms with Crippen molar-refractivity contribution in [1.82, 2.24) is 15.1 Å². The van der Waals surface area contributed by atoms with Gasteiger partial charge in [-0.15, -0.1) is 0 Å². The fourth-order valence-electron chi connectivity index (χ4n) is 3.95. The maximum atomic E-state index is 5.97. The number of nitrogens with zero attached hydrogens (tertiary/aromatic N) is 3. The molecule has 0 atom stereocenters. The van der Waals surface area contributed by atoms with Gasteiger partial charge in [-0.25, -0.2) is 0 Å². The van der Waals surface area contributed by atoms with E-state index in [1.165, 1.54) is 25.7 Å². The molecule has 0 aromatic carbocycles. The van der Waals surface area contributed by atoms with Crippen LogP contribution in [0.1, 0.15) is 51.9 Å². The summed E-state index contributed by atoms with van der Waals surface area (Å²) >= 11 is 0. The Morgan fingerprint density at radius 1 is 1.15 bits per heavy atom. The van der Waals surface area contributed by atoms with Crippen molar-refractivity contribution in [2.24, 2.45) is 4.99 Å². The van der Waals surface area contributed by atoms with E-state index in [0.717, 1.165) is 77.2 Å². The first-order valence-electron chi connectivity index (χ1n) is 10.6. The van der Waals surface area contributed by atoms with E-state index in [4.69, 9.17) is 14.5 Å². The van der Waals surface area contributed by atoms with Gasteiger partial charge in [0.15, 0.2) is 5.96 Å². The molecule has 0 aromatic heterocycles. The van der Waals surface area contributed by atoms with Crippen molar-refractivity contribution in [1.29, 1.82) is 0 Å². The minimum Gasteiger partial charge on any atom is -0.385 e. The molecule has 2 aliphatic rings. The van der Waals surface area contributed by atoms with E-state index in [2.05, 4.69) is 29.1 Å². The van der Waals surface area contributed by atoms with Gasteiger partial charge in [-0.1, -0.05) is 12.8 Å². The summed E-state index contributed by atoms with van der Waals surface area (Å²) in [7, 11) is 4.00. The highest BCUT2D eigenvalue weighted by Crippen LogP contribution is 2.22. The lowest BCUT2D eigenvalue weighted by atomic mass is 10.1. The van der Waals surface area contributed by atoms with Crippen molar-refractivity contribution in [2.45, 2.75) is 64.0 Å². The van der Waals surface area contributed by atoms with Crippen LogP contribution in [0.15, 0.2) is 4.99 Å². The van der Waals surface area contributed by atoms with Gasteiger partial charge in [-0.3, -0.25) is 4.99 Å². The van der Waals surface area contributed by atoms with Gasteiger partial charge in [-0.2, -0.15) is 0 Å². The van der Waals surface area contributed by atoms with Gasteiger partial charge in [0.25, 0.3) is 0 Å². The molecule has 6 heteroatoms. The summed E-state index contributed by atoms with van der Waals surface area (Å²) in [6.07, 6.45) is 9.04. The number of rotatable bonds is 10. The summed E-state index contributed by atoms with van der Waals surface area (Å²) in [5.74, 6) is 1.07. The fraction of sp³-hybridized carbons (Fsp3) is 0.950. The molecule has 0 amide bonds. The molecular formula is C20H40N4O2. The molecule has 1 heterocycles. The van der Waals surface area contributed by atoms with Gasteiger partial charge in [0.05, 0.1) is 12.6 Å². The predicted molar refractivity (Wildman–Crippen MR) is 108 cm³/mol. The fourth-order valence-corrected chi connectivity index (χ4v) is 3.95. The molecule has 0 radical (unpaired) electrons. The molecule has 2 rings (SSSR count). The first kappa shape index (κ1) is 21.5. The number of piperidine rings is 1. The number of hydrogen-bond acceptors (Lipinski definition) is 4. The third-order valence-corrected chi connectivity index (χ3v) is 5.59. The van der Waals surface area contributed by atoms with Gasteiger partial charge < -0.3 is 24.6 Å². The SMILES string of the molecule is CCNC(=NCCN(C)C1CCCC1)N1CCC(OCCCOC)CC1. The maximum absolute atomic E-state index is 5.97. The molecule has 1 saturated heterocycles. The monoisotopic (exact) mass is 368 g/mol. The van der Waals surface area contributed by atoms with Crippen molar-refractivity contribution in [3.63, 3.8) is 0 Å². The third-order valence-electron chi connectivity index (χ3n) is 5.59. The van der Waals surface area contributed by atoms with Crippen LogP contribution in [-0.2, 0) is 9.47 Å². The van der Waals surface area contributed by atoms with E-state index in [0.29, 0.717) is 6.10 Å². The molecule has 152 valence electrons. The van der Waals surface area contributed by atoms with E-state index >= 15 is 0 Å². The van der Waals surface area contributed by atoms with E-state index in [1.54, 1.807) is 7.11 Å². The summed E-state index contributed by atoms with van der Waals surface area (Å²) in [5.41, 5.74) is 0. The van der Waals surface area contributed by atoms with E-state index < -0.39 is 0 Å². The molecular weight excluding hydrogens is 328 g/mol. The van der Waals surface area contributed by atoms with Crippen LogP contribution in [0.25, 0.3) is 0 Å². The molecule has 0 unspecified atom stereocenters. The lowest BCUT2D eigenvalue weighted by Crippen LogP contribution is -2.47. The summed E-state index contributed by atoms with van der Waals surface area (Å²) in [4.78, 5) is 9.79. The topological polar surface area (TPSA) is 49.3 Å². The molecule has 1 aliphatic heterocycles. The number of likely N-dealkylation sites (tertiary alicyclic amines) is 1. The molecule has 1 aliphatic carbocycles. The molecule has 1 saturated carbocycles. The second kappa shape index (κ2) is 12.5. The van der Waals surface area contributed by atoms with Crippen LogP contribution in [0.5, 0.6) is 0 Å². The first-order valence-corrected chi connectivity index (χ1v) is 10.6. The Balaban J connectivity index is 1.71. The zero-order chi connectivity index (χ0) is 18.6. The quantitative estimate of drug-likeness (QED) is 0.364. The van der Waals surface area contributed by atoms with Crippen LogP contribution in [0.4, 0.5) is 0 Å². The number of aliphatic imine (C=N–C) groups is 1. The average Bonchev–Trinajstić information content (AvgIpc) is 3.20. The van der Waals surface area contributed by atoms with Crippen LogP contribution in [0.3, 0.4) is 0 Å². The van der Waals surface area contributed by atoms with E-state index in [9.17, 15) is 0 Å². The first-order chi connectivity index (χ1) is 12.7. The Labute approximate surface area is 160 Å². The number of ether oxygens (including phenoxy) is 2. The summed E-state index contributed by atoms with van der Waals surface area (Å²) in [6, 6.07) is 0.777. The lowest BCUT2D eigenvalue weighted by molar-refractivity contribution is 0.00990. The van der Waals surface area contributed by atoms with Crippen LogP contribution >= 0.6 is 0 Å². The Morgan fingerprint density at radius 2 is 1.88 bits per heavy atom. The van der Waals surface area contributed by atoms with Gasteiger partial charge in [0.1, 0.15) is 0 Å². The number of guanidine groups is 1. The predicted octanol–water partition coefficient (Wildman–Crippen LogP) is 2.34. The third kappa shape index (κ3) is 7.41. The van der Waals surface area contributed by atoms with Crippen molar-refractivity contribution < 1.29 is 9.47 Å². The Hall–Kier alpha value is -0.850. The van der Waals surface area contributed by atoms with Crippen LogP contribution in [0, 0.1) is 0 Å². The second-order valence-electron chi connectivity index (χ2n) is 7.56. The normalized spacial score (nSPS) is 20.3. The average molecular weight is 369 g/mol. The smallest absolute Gasteiger partial charge is 0.193 e. The van der Waals surface area contributed by atoms with E-state index in [1.807, 2.05) is 0 Å². The Bertz CT molecular complexity index is 391. The molecule has 1 N–H and O–H groups in total. The zero-order valence-electron chi connectivity index (χ0n) is 17.2. The standard InChI is InChI=1S/C20H40N4O2/c1-4-21-20(22-12-15-23(2)18-8-5-6-9-18)24-13-10-19(11-14-24)26-17-7-16-25-3/h18-19H,4-17H2,1-3H3,(H,21,22). The van der Waals surface area contributed by atoms with Gasteiger partial charge in [0.2, 0.25) is 0 Å². The van der Waals surface area contributed by atoms with Gasteiger partial charge in [0, 0.05) is 52.5 Å². The number of hydrogen-bond donors (Lipinski definition) is 1. The maximum Gasteiger partial charge on any atom is 0.193 e. The molecule has 0 bridgehead atoms.